The molecule has 1 unspecified atom stereocenters. The van der Waals surface area contributed by atoms with Gasteiger partial charge in [0, 0.05) is 38.9 Å². The molecule has 0 amide bonds. The molecule has 0 bridgehead atoms. The highest BCUT2D eigenvalue weighted by molar-refractivity contribution is 7.89. The van der Waals surface area contributed by atoms with E-state index in [2.05, 4.69) is 22.1 Å². The molecule has 2 fully saturated rings. The number of likely N-dealkylation sites (tertiary alicyclic amines) is 1. The average Bonchev–Trinajstić information content (AvgIpc) is 2.74. The van der Waals surface area contributed by atoms with Crippen LogP contribution in [-0.4, -0.2) is 88.2 Å². The largest absolute Gasteiger partial charge is 0.465 e. The van der Waals surface area contributed by atoms with Crippen molar-refractivity contribution in [2.45, 2.75) is 24.7 Å². The van der Waals surface area contributed by atoms with E-state index in [4.69, 9.17) is 9.47 Å². The highest BCUT2D eigenvalue weighted by Gasteiger charge is 2.30. The van der Waals surface area contributed by atoms with Crippen LogP contribution in [0.3, 0.4) is 0 Å². The van der Waals surface area contributed by atoms with Gasteiger partial charge in [-0.15, -0.1) is 0 Å². The lowest BCUT2D eigenvalue weighted by molar-refractivity contribution is 0.0600. The van der Waals surface area contributed by atoms with Gasteiger partial charge in [-0.3, -0.25) is 0 Å². The van der Waals surface area contributed by atoms with Gasteiger partial charge in [0.2, 0.25) is 10.0 Å². The van der Waals surface area contributed by atoms with E-state index in [0.29, 0.717) is 25.7 Å². The summed E-state index contributed by atoms with van der Waals surface area (Å²) in [6.45, 7) is 6.98. The number of carbonyl (C=O) groups is 1. The van der Waals surface area contributed by atoms with Gasteiger partial charge in [0.15, 0.2) is 0 Å². The number of piperidine rings is 1. The minimum Gasteiger partial charge on any atom is -0.465 e. The minimum atomic E-state index is -3.81. The van der Waals surface area contributed by atoms with Crippen molar-refractivity contribution in [1.29, 1.82) is 0 Å². The van der Waals surface area contributed by atoms with Crippen LogP contribution in [0, 0.1) is 5.92 Å². The van der Waals surface area contributed by atoms with E-state index >= 15 is 0 Å². The number of hydrogen-bond acceptors (Lipinski definition) is 8. The molecule has 2 saturated heterocycles. The van der Waals surface area contributed by atoms with Crippen LogP contribution in [0.25, 0.3) is 0 Å². The SMILES string of the molecule is COC(=O)c1cnc(NCCN2CCCC(C)C2)c(S(=O)(=O)N2CCOCC2)c1. The van der Waals surface area contributed by atoms with Crippen molar-refractivity contribution in [3.63, 3.8) is 0 Å². The predicted octanol–water partition coefficient (Wildman–Crippen LogP) is 1.03. The Morgan fingerprint density at radius 1 is 1.34 bits per heavy atom. The lowest BCUT2D eigenvalue weighted by Gasteiger charge is -2.31. The number of pyridine rings is 1. The van der Waals surface area contributed by atoms with Crippen molar-refractivity contribution < 1.29 is 22.7 Å². The second-order valence-corrected chi connectivity index (χ2v) is 9.46. The van der Waals surface area contributed by atoms with Crippen LogP contribution in [-0.2, 0) is 19.5 Å². The zero-order valence-electron chi connectivity index (χ0n) is 17.1. The number of carbonyl (C=O) groups excluding carboxylic acids is 1. The highest BCUT2D eigenvalue weighted by Crippen LogP contribution is 2.25. The van der Waals surface area contributed by atoms with Crippen LogP contribution >= 0.6 is 0 Å². The molecule has 0 aliphatic carbocycles. The molecule has 3 rings (SSSR count). The third-order valence-corrected chi connectivity index (χ3v) is 7.24. The number of esters is 1. The van der Waals surface area contributed by atoms with Gasteiger partial charge >= 0.3 is 5.97 Å². The van der Waals surface area contributed by atoms with Crippen LogP contribution in [0.15, 0.2) is 17.2 Å². The molecule has 162 valence electrons. The predicted molar refractivity (Wildman–Crippen MR) is 108 cm³/mol. The van der Waals surface area contributed by atoms with Crippen LogP contribution < -0.4 is 5.32 Å². The van der Waals surface area contributed by atoms with Gasteiger partial charge in [-0.05, 0) is 31.4 Å². The molecule has 0 aromatic carbocycles. The lowest BCUT2D eigenvalue weighted by atomic mass is 10.0. The molecule has 0 radical (unpaired) electrons. The molecule has 1 aromatic heterocycles. The number of ether oxygens (including phenoxy) is 2. The van der Waals surface area contributed by atoms with Crippen LogP contribution in [0.1, 0.15) is 30.1 Å². The first-order valence-electron chi connectivity index (χ1n) is 10.0. The number of rotatable bonds is 7. The molecule has 10 heteroatoms. The molecule has 2 aliphatic rings. The van der Waals surface area contributed by atoms with Crippen molar-refractivity contribution in [3.05, 3.63) is 17.8 Å². The Labute approximate surface area is 172 Å². The molecule has 9 nitrogen and oxygen atoms in total. The van der Waals surface area contributed by atoms with Crippen LogP contribution in [0.4, 0.5) is 5.82 Å². The second kappa shape index (κ2) is 9.84. The number of morpholine rings is 1. The number of sulfonamides is 1. The van der Waals surface area contributed by atoms with E-state index in [1.54, 1.807) is 0 Å². The Morgan fingerprint density at radius 3 is 2.79 bits per heavy atom. The van der Waals surface area contributed by atoms with Crippen molar-refractivity contribution in [2.75, 3.05) is 64.9 Å². The molecule has 29 heavy (non-hydrogen) atoms. The zero-order chi connectivity index (χ0) is 20.9. The lowest BCUT2D eigenvalue weighted by Crippen LogP contribution is -2.41. The monoisotopic (exact) mass is 426 g/mol. The summed E-state index contributed by atoms with van der Waals surface area (Å²) in [5.41, 5.74) is 0.106. The standard InChI is InChI=1S/C19H30N4O5S/c1-15-4-3-6-22(14-15)7-5-20-18-17(12-16(13-21-18)19(24)27-2)29(25,26)23-8-10-28-11-9-23/h12-13,15H,3-11,14H2,1-2H3,(H,20,21). The van der Waals surface area contributed by atoms with Crippen LogP contribution in [0.2, 0.25) is 0 Å². The molecule has 2 aliphatic heterocycles. The van der Waals surface area contributed by atoms with Crippen molar-refractivity contribution in [3.8, 4) is 0 Å². The van der Waals surface area contributed by atoms with E-state index in [1.165, 1.54) is 36.5 Å². The minimum absolute atomic E-state index is 0.00527. The number of methoxy groups -OCH3 is 1. The van der Waals surface area contributed by atoms with Gasteiger partial charge in [-0.2, -0.15) is 4.31 Å². The molecule has 0 spiro atoms. The first-order valence-corrected chi connectivity index (χ1v) is 11.5. The third-order valence-electron chi connectivity index (χ3n) is 5.32. The average molecular weight is 427 g/mol. The summed E-state index contributed by atoms with van der Waals surface area (Å²) < 4.78 is 37.8. The Kier molecular flexibility index (Phi) is 7.44. The molecule has 0 saturated carbocycles. The van der Waals surface area contributed by atoms with E-state index < -0.39 is 16.0 Å². The van der Waals surface area contributed by atoms with Gasteiger partial charge in [0.1, 0.15) is 10.7 Å². The number of hydrogen-bond donors (Lipinski definition) is 1. The van der Waals surface area contributed by atoms with Crippen molar-refractivity contribution in [2.24, 2.45) is 5.92 Å². The number of aromatic nitrogens is 1. The highest BCUT2D eigenvalue weighted by atomic mass is 32.2. The maximum absolute atomic E-state index is 13.2. The Morgan fingerprint density at radius 2 is 2.10 bits per heavy atom. The van der Waals surface area contributed by atoms with E-state index in [9.17, 15) is 13.2 Å². The summed E-state index contributed by atoms with van der Waals surface area (Å²) in [4.78, 5) is 18.5. The second-order valence-electron chi connectivity index (χ2n) is 7.55. The first-order chi connectivity index (χ1) is 13.9. The maximum Gasteiger partial charge on any atom is 0.339 e. The fourth-order valence-electron chi connectivity index (χ4n) is 3.75. The number of nitrogens with zero attached hydrogens (tertiary/aromatic N) is 3. The van der Waals surface area contributed by atoms with E-state index in [1.807, 2.05) is 0 Å². The topological polar surface area (TPSA) is 101 Å². The Bertz CT molecular complexity index is 811. The van der Waals surface area contributed by atoms with Gasteiger partial charge < -0.3 is 19.7 Å². The number of nitrogens with one attached hydrogen (secondary N) is 1. The van der Waals surface area contributed by atoms with E-state index in [0.717, 1.165) is 19.6 Å². The normalized spacial score (nSPS) is 21.7. The summed E-state index contributed by atoms with van der Waals surface area (Å²) in [7, 11) is -2.56. The quantitative estimate of drug-likeness (QED) is 0.646. The van der Waals surface area contributed by atoms with Gasteiger partial charge in [0.25, 0.3) is 0 Å². The fraction of sp³-hybridized carbons (Fsp3) is 0.684. The fourth-order valence-corrected chi connectivity index (χ4v) is 5.30. The maximum atomic E-state index is 13.2. The molecular formula is C19H30N4O5S. The smallest absolute Gasteiger partial charge is 0.339 e. The molecule has 1 aromatic rings. The van der Waals surface area contributed by atoms with Crippen LogP contribution in [0.5, 0.6) is 0 Å². The summed E-state index contributed by atoms with van der Waals surface area (Å²) >= 11 is 0. The van der Waals surface area contributed by atoms with Crippen molar-refractivity contribution in [1.82, 2.24) is 14.2 Å². The zero-order valence-corrected chi connectivity index (χ0v) is 17.9. The van der Waals surface area contributed by atoms with Gasteiger partial charge in [-0.25, -0.2) is 18.2 Å². The Balaban J connectivity index is 1.79. The summed E-state index contributed by atoms with van der Waals surface area (Å²) in [6.07, 6.45) is 3.78. The third kappa shape index (κ3) is 5.44. The van der Waals surface area contributed by atoms with Crippen molar-refractivity contribution >= 4 is 21.8 Å². The first kappa shape index (κ1) is 21.9. The van der Waals surface area contributed by atoms with Gasteiger partial charge in [-0.1, -0.05) is 6.92 Å². The van der Waals surface area contributed by atoms with E-state index in [-0.39, 0.29) is 29.4 Å². The Hall–Kier alpha value is -1.75. The molecule has 1 atom stereocenters. The molecular weight excluding hydrogens is 396 g/mol. The summed E-state index contributed by atoms with van der Waals surface area (Å²) in [5.74, 6) is 0.317. The summed E-state index contributed by atoms with van der Waals surface area (Å²) in [6, 6.07) is 1.34. The number of anilines is 1. The van der Waals surface area contributed by atoms with Gasteiger partial charge in [0.05, 0.1) is 25.9 Å². The summed E-state index contributed by atoms with van der Waals surface area (Å²) in [5, 5.41) is 3.16. The molecule has 1 N–H and O–H groups in total. The molecule has 3 heterocycles.